The van der Waals surface area contributed by atoms with Crippen molar-refractivity contribution in [1.29, 1.82) is 0 Å². The molecule has 184 valence electrons. The van der Waals surface area contributed by atoms with Gasteiger partial charge in [0.1, 0.15) is 12.7 Å². The lowest BCUT2D eigenvalue weighted by molar-refractivity contribution is -0.176. The fourth-order valence-corrected chi connectivity index (χ4v) is 4.06. The summed E-state index contributed by atoms with van der Waals surface area (Å²) in [5, 5.41) is -1.18. The van der Waals surface area contributed by atoms with Crippen molar-refractivity contribution in [2.45, 2.75) is 23.3 Å². The molecule has 0 radical (unpaired) electrons. The standard InChI is InChI=1S/C27H21BrO8/c28-24-21(29)23(36-27(32)19-14-8-3-9-15-19)22(35-26(31)18-12-6-2-7-13-18)20(34-24)16-33-25(30)17-10-4-1-5-11-17/h1-15,20,22-24H,16H2/t20-,22+,23-,24+/m1/s1. The number of ether oxygens (including phenoxy) is 4. The molecule has 1 fully saturated rings. The van der Waals surface area contributed by atoms with Crippen LogP contribution in [0.2, 0.25) is 0 Å². The molecule has 0 spiro atoms. The van der Waals surface area contributed by atoms with E-state index in [1.54, 1.807) is 66.7 Å². The molecule has 3 aromatic carbocycles. The second-order valence-corrected chi connectivity index (χ2v) is 8.62. The molecule has 4 atom stereocenters. The van der Waals surface area contributed by atoms with Crippen molar-refractivity contribution in [3.05, 3.63) is 108 Å². The molecular formula is C27H21BrO8. The maximum atomic E-state index is 13.0. The molecule has 8 nitrogen and oxygen atoms in total. The monoisotopic (exact) mass is 552 g/mol. The predicted molar refractivity (Wildman–Crippen MR) is 131 cm³/mol. The number of carbonyl (C=O) groups excluding carboxylic acids is 4. The van der Waals surface area contributed by atoms with Crippen LogP contribution in [-0.2, 0) is 23.7 Å². The summed E-state index contributed by atoms with van der Waals surface area (Å²) in [5.41, 5.74) is 0.742. The fourth-order valence-electron chi connectivity index (χ4n) is 3.52. The Kier molecular flexibility index (Phi) is 8.24. The van der Waals surface area contributed by atoms with Crippen LogP contribution in [0.3, 0.4) is 0 Å². The summed E-state index contributed by atoms with van der Waals surface area (Å²) in [5.74, 6) is -2.83. The highest BCUT2D eigenvalue weighted by atomic mass is 79.9. The summed E-state index contributed by atoms with van der Waals surface area (Å²) >= 11 is 3.13. The number of hydrogen-bond acceptors (Lipinski definition) is 8. The number of Topliss-reactive ketones (excluding diaryl/α,β-unsaturated/α-hetero) is 1. The van der Waals surface area contributed by atoms with Crippen LogP contribution in [0.15, 0.2) is 91.0 Å². The van der Waals surface area contributed by atoms with Gasteiger partial charge in [-0.05, 0) is 52.3 Å². The zero-order chi connectivity index (χ0) is 25.5. The molecule has 3 aromatic rings. The molecule has 9 heteroatoms. The Morgan fingerprint density at radius 3 is 1.64 bits per heavy atom. The Morgan fingerprint density at radius 2 is 1.14 bits per heavy atom. The van der Waals surface area contributed by atoms with Gasteiger partial charge in [-0.2, -0.15) is 0 Å². The van der Waals surface area contributed by atoms with Crippen LogP contribution < -0.4 is 0 Å². The van der Waals surface area contributed by atoms with Crippen molar-refractivity contribution in [3.8, 4) is 0 Å². The number of esters is 3. The van der Waals surface area contributed by atoms with Gasteiger partial charge in [-0.15, -0.1) is 0 Å². The van der Waals surface area contributed by atoms with Crippen LogP contribution in [0.25, 0.3) is 0 Å². The number of halogens is 1. The Morgan fingerprint density at radius 1 is 0.694 bits per heavy atom. The van der Waals surface area contributed by atoms with Crippen LogP contribution in [0.5, 0.6) is 0 Å². The first-order chi connectivity index (χ1) is 17.4. The lowest BCUT2D eigenvalue weighted by atomic mass is 10.0. The average molecular weight is 553 g/mol. The Balaban J connectivity index is 1.58. The fraction of sp³-hybridized carbons (Fsp3) is 0.185. The highest BCUT2D eigenvalue weighted by Gasteiger charge is 2.49. The van der Waals surface area contributed by atoms with Gasteiger partial charge in [-0.3, -0.25) is 4.79 Å². The topological polar surface area (TPSA) is 105 Å². The molecule has 0 amide bonds. The molecule has 0 unspecified atom stereocenters. The molecule has 0 saturated carbocycles. The van der Waals surface area contributed by atoms with Gasteiger partial charge in [0, 0.05) is 0 Å². The van der Waals surface area contributed by atoms with E-state index in [2.05, 4.69) is 15.9 Å². The van der Waals surface area contributed by atoms with E-state index in [0.29, 0.717) is 5.56 Å². The first-order valence-electron chi connectivity index (χ1n) is 11.0. The minimum absolute atomic E-state index is 0.211. The molecule has 1 heterocycles. The minimum Gasteiger partial charge on any atom is -0.459 e. The summed E-state index contributed by atoms with van der Waals surface area (Å²) in [4.78, 5) is 51.1. The van der Waals surface area contributed by atoms with Crippen molar-refractivity contribution in [2.75, 3.05) is 6.61 Å². The molecule has 0 bridgehead atoms. The van der Waals surface area contributed by atoms with Crippen LogP contribution >= 0.6 is 15.9 Å². The van der Waals surface area contributed by atoms with E-state index in [1.807, 2.05) is 0 Å². The van der Waals surface area contributed by atoms with Crippen LogP contribution in [0.4, 0.5) is 0 Å². The van der Waals surface area contributed by atoms with E-state index in [4.69, 9.17) is 18.9 Å². The third-order valence-corrected chi connectivity index (χ3v) is 6.01. The molecule has 36 heavy (non-hydrogen) atoms. The lowest BCUT2D eigenvalue weighted by Crippen LogP contribution is -2.58. The van der Waals surface area contributed by atoms with Crippen LogP contribution in [-0.4, -0.2) is 53.6 Å². The van der Waals surface area contributed by atoms with Gasteiger partial charge in [-0.1, -0.05) is 54.6 Å². The van der Waals surface area contributed by atoms with Gasteiger partial charge in [0.15, 0.2) is 11.1 Å². The number of ketones is 1. The Labute approximate surface area is 215 Å². The van der Waals surface area contributed by atoms with E-state index in [-0.39, 0.29) is 17.7 Å². The minimum atomic E-state index is -1.51. The van der Waals surface area contributed by atoms with E-state index in [9.17, 15) is 19.2 Å². The van der Waals surface area contributed by atoms with E-state index >= 15 is 0 Å². The molecule has 4 rings (SSSR count). The Bertz CT molecular complexity index is 1220. The molecule has 1 aliphatic rings. The van der Waals surface area contributed by atoms with Crippen molar-refractivity contribution in [2.24, 2.45) is 0 Å². The third-order valence-electron chi connectivity index (χ3n) is 5.35. The summed E-state index contributed by atoms with van der Waals surface area (Å²) < 4.78 is 22.2. The maximum Gasteiger partial charge on any atom is 0.338 e. The average Bonchev–Trinajstić information content (AvgIpc) is 2.92. The van der Waals surface area contributed by atoms with Crippen molar-refractivity contribution in [3.63, 3.8) is 0 Å². The van der Waals surface area contributed by atoms with Gasteiger partial charge in [0.05, 0.1) is 16.7 Å². The second-order valence-electron chi connectivity index (χ2n) is 7.79. The van der Waals surface area contributed by atoms with Crippen LogP contribution in [0.1, 0.15) is 31.1 Å². The molecule has 0 aliphatic carbocycles. The zero-order valence-electron chi connectivity index (χ0n) is 18.8. The molecular weight excluding hydrogens is 532 g/mol. The summed E-state index contributed by atoms with van der Waals surface area (Å²) in [6.45, 7) is -0.366. The first-order valence-corrected chi connectivity index (χ1v) is 11.9. The predicted octanol–water partition coefficient (Wildman–Crippen LogP) is 3.98. The smallest absolute Gasteiger partial charge is 0.338 e. The molecule has 1 saturated heterocycles. The Hall–Kier alpha value is -3.82. The highest BCUT2D eigenvalue weighted by Crippen LogP contribution is 2.28. The molecule has 0 N–H and O–H groups in total. The first kappa shape index (κ1) is 25.3. The van der Waals surface area contributed by atoms with E-state index in [0.717, 1.165) is 0 Å². The van der Waals surface area contributed by atoms with E-state index < -0.39 is 47.0 Å². The van der Waals surface area contributed by atoms with Gasteiger partial charge >= 0.3 is 17.9 Å². The van der Waals surface area contributed by atoms with Gasteiger partial charge < -0.3 is 18.9 Å². The summed E-state index contributed by atoms with van der Waals surface area (Å²) in [6.07, 6.45) is -4.00. The summed E-state index contributed by atoms with van der Waals surface area (Å²) in [7, 11) is 0. The van der Waals surface area contributed by atoms with Crippen molar-refractivity contribution >= 4 is 39.6 Å². The highest BCUT2D eigenvalue weighted by molar-refractivity contribution is 9.09. The van der Waals surface area contributed by atoms with Gasteiger partial charge in [0.2, 0.25) is 11.9 Å². The van der Waals surface area contributed by atoms with Crippen LogP contribution in [0, 0.1) is 0 Å². The van der Waals surface area contributed by atoms with Gasteiger partial charge in [0.25, 0.3) is 0 Å². The lowest BCUT2D eigenvalue weighted by Gasteiger charge is -2.37. The second kappa shape index (κ2) is 11.7. The number of hydrogen-bond donors (Lipinski definition) is 0. The largest absolute Gasteiger partial charge is 0.459 e. The maximum absolute atomic E-state index is 13.0. The molecule has 1 aliphatic heterocycles. The quantitative estimate of drug-likeness (QED) is 0.246. The number of rotatable bonds is 7. The SMILES string of the molecule is O=C(OC[C@H]1O[C@H](Br)C(=O)[C@@H](OC(=O)c2ccccc2)[C@H]1OC(=O)c1ccccc1)c1ccccc1. The molecule has 0 aromatic heterocycles. The normalized spacial score (nSPS) is 21.3. The zero-order valence-corrected chi connectivity index (χ0v) is 20.4. The van der Waals surface area contributed by atoms with E-state index in [1.165, 1.54) is 24.3 Å². The van der Waals surface area contributed by atoms with Gasteiger partial charge in [-0.25, -0.2) is 14.4 Å². The third kappa shape index (κ3) is 6.05. The number of benzene rings is 3. The number of carbonyl (C=O) groups is 4. The van der Waals surface area contributed by atoms with Crippen molar-refractivity contribution < 1.29 is 38.1 Å². The summed E-state index contributed by atoms with van der Waals surface area (Å²) in [6, 6.07) is 24.5. The van der Waals surface area contributed by atoms with Crippen molar-refractivity contribution in [1.82, 2.24) is 0 Å². The number of alkyl halides is 1.